The molecule has 3 rings (SSSR count). The lowest BCUT2D eigenvalue weighted by Crippen LogP contribution is -2.41. The minimum atomic E-state index is -0.573. The molecular formula is C28H44N2O3S. The molecule has 1 aliphatic rings. The van der Waals surface area contributed by atoms with Gasteiger partial charge in [-0.05, 0) is 51.0 Å². The normalized spacial score (nSPS) is 15.4. The van der Waals surface area contributed by atoms with E-state index < -0.39 is 5.41 Å². The molecule has 1 aliphatic carbocycles. The third kappa shape index (κ3) is 6.47. The van der Waals surface area contributed by atoms with Gasteiger partial charge in [-0.3, -0.25) is 4.79 Å². The fraction of sp³-hybridized carbons (Fsp3) is 0.607. The number of anilines is 2. The van der Waals surface area contributed by atoms with Gasteiger partial charge in [-0.25, -0.2) is 9.78 Å². The number of carbonyl (C=O) groups excluding carboxylic acids is 2. The van der Waals surface area contributed by atoms with Crippen LogP contribution >= 0.6 is 11.3 Å². The molecule has 1 aromatic carbocycles. The second-order valence-electron chi connectivity index (χ2n) is 9.55. The molecule has 0 unspecified atom stereocenters. The van der Waals surface area contributed by atoms with Crippen molar-refractivity contribution in [1.82, 2.24) is 4.98 Å². The number of hydrogen-bond donors (Lipinski definition) is 0. The van der Waals surface area contributed by atoms with Crippen LogP contribution < -0.4 is 4.90 Å². The zero-order chi connectivity index (χ0) is 26.3. The summed E-state index contributed by atoms with van der Waals surface area (Å²) < 4.78 is 5.09. The highest BCUT2D eigenvalue weighted by Gasteiger charge is 2.46. The van der Waals surface area contributed by atoms with E-state index in [2.05, 4.69) is 32.6 Å². The molecule has 0 amide bonds. The van der Waals surface area contributed by atoms with Crippen LogP contribution in [0.2, 0.25) is 0 Å². The Bertz CT molecular complexity index is 943. The number of fused-ring (bicyclic) bond motifs is 1. The second-order valence-corrected chi connectivity index (χ2v) is 10.5. The quantitative estimate of drug-likeness (QED) is 0.390. The van der Waals surface area contributed by atoms with Gasteiger partial charge in [-0.2, -0.15) is 0 Å². The zero-order valence-electron chi connectivity index (χ0n) is 23.0. The molecule has 2 aromatic rings. The van der Waals surface area contributed by atoms with Crippen LogP contribution in [-0.4, -0.2) is 29.9 Å². The number of esters is 1. The Morgan fingerprint density at radius 2 is 1.65 bits per heavy atom. The van der Waals surface area contributed by atoms with Crippen molar-refractivity contribution >= 4 is 33.9 Å². The molecule has 0 N–H and O–H groups in total. The smallest absolute Gasteiger partial charge is 0.338 e. The Kier molecular flexibility index (Phi) is 10.9. The van der Waals surface area contributed by atoms with Crippen LogP contribution in [0, 0.1) is 5.92 Å². The number of ketones is 1. The van der Waals surface area contributed by atoms with Crippen LogP contribution in [-0.2, 0) is 20.4 Å². The summed E-state index contributed by atoms with van der Waals surface area (Å²) in [5, 5.41) is 0.897. The summed E-state index contributed by atoms with van der Waals surface area (Å²) in [7, 11) is 0. The highest BCUT2D eigenvalue weighted by molar-refractivity contribution is 7.16. The number of ether oxygens (including phenoxy) is 1. The van der Waals surface area contributed by atoms with E-state index in [-0.39, 0.29) is 17.2 Å². The van der Waals surface area contributed by atoms with Gasteiger partial charge in [0, 0.05) is 28.9 Å². The van der Waals surface area contributed by atoms with Gasteiger partial charge < -0.3 is 9.64 Å². The number of thiazole rings is 1. The van der Waals surface area contributed by atoms with E-state index in [1.54, 1.807) is 30.4 Å². The molecule has 0 spiro atoms. The minimum absolute atomic E-state index is 0.213. The van der Waals surface area contributed by atoms with Gasteiger partial charge in [0.1, 0.15) is 5.78 Å². The summed E-state index contributed by atoms with van der Waals surface area (Å²) in [5.41, 5.74) is 1.63. The summed E-state index contributed by atoms with van der Waals surface area (Å²) in [5.74, 6) is 0.343. The average Bonchev–Trinajstić information content (AvgIpc) is 3.27. The lowest BCUT2D eigenvalue weighted by Gasteiger charge is -2.36. The van der Waals surface area contributed by atoms with Gasteiger partial charge in [0.25, 0.3) is 0 Å². The molecule has 0 radical (unpaired) electrons. The third-order valence-corrected chi connectivity index (χ3v) is 7.04. The van der Waals surface area contributed by atoms with Crippen molar-refractivity contribution in [2.45, 2.75) is 93.4 Å². The number of carbonyl (C=O) groups is 2. The first-order valence-corrected chi connectivity index (χ1v) is 13.4. The first-order chi connectivity index (χ1) is 16.0. The van der Waals surface area contributed by atoms with Crippen LogP contribution in [0.5, 0.6) is 0 Å². The molecule has 5 nitrogen and oxygen atoms in total. The van der Waals surface area contributed by atoms with Crippen LogP contribution in [0.15, 0.2) is 24.3 Å². The lowest BCUT2D eigenvalue weighted by atomic mass is 9.68. The van der Waals surface area contributed by atoms with E-state index in [1.165, 1.54) is 4.88 Å². The number of nitrogens with zero attached hydrogens (tertiary/aromatic N) is 2. The molecule has 190 valence electrons. The van der Waals surface area contributed by atoms with E-state index in [4.69, 9.17) is 9.72 Å². The number of Topliss-reactive ketones (excluding diaryl/α,β-unsaturated/α-hetero) is 1. The van der Waals surface area contributed by atoms with E-state index in [1.807, 2.05) is 53.7 Å². The number of rotatable bonds is 6. The van der Waals surface area contributed by atoms with Gasteiger partial charge in [0.15, 0.2) is 5.13 Å². The molecule has 0 fully saturated rings. The van der Waals surface area contributed by atoms with Crippen LogP contribution in [0.1, 0.15) is 104 Å². The number of benzene rings is 1. The van der Waals surface area contributed by atoms with Gasteiger partial charge in [0.2, 0.25) is 0 Å². The first-order valence-electron chi connectivity index (χ1n) is 12.6. The SMILES string of the molecule is CC.CC.CCOC(=O)c1ccc(N(CC(C)C)c2nc3c(s2)C(C)(C)CC(=O)C3(C)C)cc1. The highest BCUT2D eigenvalue weighted by atomic mass is 32.1. The van der Waals surface area contributed by atoms with Gasteiger partial charge in [-0.15, -0.1) is 11.3 Å². The second kappa shape index (κ2) is 12.5. The summed E-state index contributed by atoms with van der Waals surface area (Å²) in [6, 6.07) is 7.48. The van der Waals surface area contributed by atoms with Crippen LogP contribution in [0.25, 0.3) is 0 Å². The average molecular weight is 489 g/mol. The van der Waals surface area contributed by atoms with E-state index >= 15 is 0 Å². The molecule has 1 heterocycles. The van der Waals surface area contributed by atoms with Crippen molar-refractivity contribution in [2.75, 3.05) is 18.1 Å². The standard InChI is InChI=1S/C24H32N2O3S.2C2H6/c1-8-29-21(28)16-9-11-17(12-10-16)26(14-15(2)3)22-25-19-20(30-22)23(4,5)13-18(27)24(19,6)7;2*1-2/h9-12,15H,8,13-14H2,1-7H3;2*1-2H3. The Morgan fingerprint density at radius 1 is 1.09 bits per heavy atom. The Morgan fingerprint density at radius 3 is 2.15 bits per heavy atom. The predicted octanol–water partition coefficient (Wildman–Crippen LogP) is 7.69. The maximum Gasteiger partial charge on any atom is 0.338 e. The minimum Gasteiger partial charge on any atom is -0.462 e. The van der Waals surface area contributed by atoms with Gasteiger partial charge in [0.05, 0.1) is 23.3 Å². The molecule has 0 bridgehead atoms. The van der Waals surface area contributed by atoms with Crippen molar-refractivity contribution in [3.8, 4) is 0 Å². The van der Waals surface area contributed by atoms with Crippen molar-refractivity contribution in [1.29, 1.82) is 0 Å². The van der Waals surface area contributed by atoms with Gasteiger partial charge in [-0.1, -0.05) is 55.4 Å². The van der Waals surface area contributed by atoms with Crippen molar-refractivity contribution < 1.29 is 14.3 Å². The highest BCUT2D eigenvalue weighted by Crippen LogP contribution is 2.48. The van der Waals surface area contributed by atoms with Crippen molar-refractivity contribution in [3.63, 3.8) is 0 Å². The molecule has 0 aliphatic heterocycles. The summed E-state index contributed by atoms with van der Waals surface area (Å²) in [6.45, 7) is 23.5. The molecule has 34 heavy (non-hydrogen) atoms. The fourth-order valence-corrected chi connectivity index (χ4v) is 5.15. The van der Waals surface area contributed by atoms with Crippen LogP contribution in [0.3, 0.4) is 0 Å². The maximum atomic E-state index is 12.8. The number of hydrogen-bond acceptors (Lipinski definition) is 6. The maximum absolute atomic E-state index is 12.8. The fourth-order valence-electron chi connectivity index (χ4n) is 3.79. The summed E-state index contributed by atoms with van der Waals surface area (Å²) in [4.78, 5) is 33.2. The Labute approximate surface area is 210 Å². The third-order valence-electron chi connectivity index (χ3n) is 5.59. The lowest BCUT2D eigenvalue weighted by molar-refractivity contribution is -0.125. The van der Waals surface area contributed by atoms with E-state index in [0.29, 0.717) is 24.5 Å². The van der Waals surface area contributed by atoms with Crippen molar-refractivity contribution in [3.05, 3.63) is 40.4 Å². The molecule has 6 heteroatoms. The Hall–Kier alpha value is -2.21. The van der Waals surface area contributed by atoms with E-state index in [0.717, 1.165) is 23.1 Å². The monoisotopic (exact) mass is 488 g/mol. The molecular weight excluding hydrogens is 444 g/mol. The number of aromatic nitrogens is 1. The molecule has 0 saturated heterocycles. The summed E-state index contributed by atoms with van der Waals surface area (Å²) >= 11 is 1.68. The largest absolute Gasteiger partial charge is 0.462 e. The van der Waals surface area contributed by atoms with Gasteiger partial charge >= 0.3 is 5.97 Å². The van der Waals surface area contributed by atoms with Crippen LogP contribution in [0.4, 0.5) is 10.8 Å². The first kappa shape index (κ1) is 29.8. The predicted molar refractivity (Wildman–Crippen MR) is 145 cm³/mol. The zero-order valence-corrected chi connectivity index (χ0v) is 23.9. The topological polar surface area (TPSA) is 59.5 Å². The van der Waals surface area contributed by atoms with Crippen molar-refractivity contribution in [2.24, 2.45) is 5.92 Å². The molecule has 0 atom stereocenters. The summed E-state index contributed by atoms with van der Waals surface area (Å²) in [6.07, 6.45) is 0.535. The Balaban J connectivity index is 0.00000137. The van der Waals surface area contributed by atoms with E-state index in [9.17, 15) is 9.59 Å². The molecule has 0 saturated carbocycles. The molecule has 1 aromatic heterocycles.